The maximum atomic E-state index is 13.8. The van der Waals surface area contributed by atoms with Gasteiger partial charge in [-0.3, -0.25) is 0 Å². The van der Waals surface area contributed by atoms with E-state index in [4.69, 9.17) is 37.9 Å². The second-order valence-corrected chi connectivity index (χ2v) is 10.1. The lowest BCUT2D eigenvalue weighted by molar-refractivity contribution is 0.0499. The van der Waals surface area contributed by atoms with Gasteiger partial charge in [0.2, 0.25) is 5.75 Å². The highest BCUT2D eigenvalue weighted by molar-refractivity contribution is 5.96. The van der Waals surface area contributed by atoms with Crippen LogP contribution in [0.25, 0.3) is 0 Å². The molecule has 11 heteroatoms. The van der Waals surface area contributed by atoms with E-state index >= 15 is 0 Å². The summed E-state index contributed by atoms with van der Waals surface area (Å²) < 4.78 is 43.8. The largest absolute Gasteiger partial charge is 0.496 e. The Morgan fingerprint density at radius 2 is 0.978 bits per heavy atom. The van der Waals surface area contributed by atoms with Crippen LogP contribution < -0.4 is 23.7 Å². The van der Waals surface area contributed by atoms with Crippen molar-refractivity contribution in [1.82, 2.24) is 0 Å². The van der Waals surface area contributed by atoms with Crippen LogP contribution in [0.5, 0.6) is 28.7 Å². The number of hydrogen-bond donors (Lipinski definition) is 0. The zero-order chi connectivity index (χ0) is 33.8. The average Bonchev–Trinajstić information content (AvgIpc) is 3.09. The Hall–Kier alpha value is -4.93. The van der Waals surface area contributed by atoms with Crippen molar-refractivity contribution in [3.63, 3.8) is 0 Å². The molecule has 0 radical (unpaired) electrons. The number of hydrogen-bond acceptors (Lipinski definition) is 11. The predicted molar refractivity (Wildman–Crippen MR) is 170 cm³/mol. The standard InChI is InChI=1S/C35H42O11/c1-9-18-46-35(38)29-25(16-12-21-10-14-23(33(36)44-7)27(19-21)39-2)30(41-4)32(43-6)31(42-5)26(29)17-13-22-11-15-24(34(37)45-8)28(20-22)40-3/h10-11,14-15,19-20H,9,12-13,16-18H2,1-8H3. The molecule has 0 fully saturated rings. The molecule has 0 unspecified atom stereocenters. The van der Waals surface area contributed by atoms with Gasteiger partial charge in [-0.2, -0.15) is 0 Å². The molecule has 3 aromatic carbocycles. The number of aryl methyl sites for hydroxylation is 2. The fourth-order valence-corrected chi connectivity index (χ4v) is 5.27. The molecule has 0 bridgehead atoms. The highest BCUT2D eigenvalue weighted by Gasteiger charge is 2.31. The summed E-state index contributed by atoms with van der Waals surface area (Å²) in [5.41, 5.74) is 3.83. The summed E-state index contributed by atoms with van der Waals surface area (Å²) in [7, 11) is 10.1. The average molecular weight is 639 g/mol. The summed E-state index contributed by atoms with van der Waals surface area (Å²) >= 11 is 0. The SMILES string of the molecule is CCCOC(=O)c1c(CCc2ccc(C(=O)OC)c(OC)c2)c(OC)c(OC)c(OC)c1CCc1ccc(C(=O)OC)c(OC)c1. The zero-order valence-corrected chi connectivity index (χ0v) is 27.7. The van der Waals surface area contributed by atoms with E-state index in [0.29, 0.717) is 88.7 Å². The van der Waals surface area contributed by atoms with Gasteiger partial charge < -0.3 is 37.9 Å². The van der Waals surface area contributed by atoms with Crippen molar-refractivity contribution in [1.29, 1.82) is 0 Å². The van der Waals surface area contributed by atoms with Gasteiger partial charge in [0.15, 0.2) is 11.5 Å². The number of benzene rings is 3. The third-order valence-electron chi connectivity index (χ3n) is 7.49. The second kappa shape index (κ2) is 17.0. The minimum atomic E-state index is -0.511. The molecule has 0 amide bonds. The Labute approximate surface area is 269 Å². The first-order chi connectivity index (χ1) is 22.2. The molecule has 46 heavy (non-hydrogen) atoms. The summed E-state index contributed by atoms with van der Waals surface area (Å²) in [4.78, 5) is 38.2. The van der Waals surface area contributed by atoms with Gasteiger partial charge in [-0.1, -0.05) is 19.1 Å². The molecule has 248 valence electrons. The van der Waals surface area contributed by atoms with Crippen LogP contribution >= 0.6 is 0 Å². The number of ether oxygens (including phenoxy) is 8. The van der Waals surface area contributed by atoms with E-state index < -0.39 is 17.9 Å². The van der Waals surface area contributed by atoms with Gasteiger partial charge in [-0.15, -0.1) is 0 Å². The zero-order valence-electron chi connectivity index (χ0n) is 27.7. The van der Waals surface area contributed by atoms with Gasteiger partial charge in [-0.05, 0) is 67.5 Å². The van der Waals surface area contributed by atoms with Crippen molar-refractivity contribution in [2.75, 3.05) is 56.4 Å². The summed E-state index contributed by atoms with van der Waals surface area (Å²) in [6, 6.07) is 10.4. The third-order valence-corrected chi connectivity index (χ3v) is 7.49. The highest BCUT2D eigenvalue weighted by atomic mass is 16.5. The van der Waals surface area contributed by atoms with Gasteiger partial charge in [-0.25, -0.2) is 14.4 Å². The lowest BCUT2D eigenvalue weighted by Gasteiger charge is -2.23. The molecule has 0 aliphatic heterocycles. The fourth-order valence-electron chi connectivity index (χ4n) is 5.27. The molecular weight excluding hydrogens is 596 g/mol. The molecule has 0 N–H and O–H groups in total. The molecule has 3 rings (SSSR count). The quantitative estimate of drug-likeness (QED) is 0.147. The van der Waals surface area contributed by atoms with Gasteiger partial charge in [0.1, 0.15) is 22.6 Å². The molecule has 11 nitrogen and oxygen atoms in total. The van der Waals surface area contributed by atoms with E-state index in [1.165, 1.54) is 49.8 Å². The summed E-state index contributed by atoms with van der Waals surface area (Å²) in [6.07, 6.45) is 2.27. The van der Waals surface area contributed by atoms with Crippen molar-refractivity contribution < 1.29 is 52.3 Å². The van der Waals surface area contributed by atoms with Crippen LogP contribution in [0.2, 0.25) is 0 Å². The van der Waals surface area contributed by atoms with Crippen LogP contribution in [-0.2, 0) is 39.9 Å². The summed E-state index contributed by atoms with van der Waals surface area (Å²) in [5.74, 6) is 0.285. The van der Waals surface area contributed by atoms with E-state index in [9.17, 15) is 14.4 Å². The predicted octanol–water partition coefficient (Wildman–Crippen LogP) is 5.44. The number of rotatable bonds is 16. The smallest absolute Gasteiger partial charge is 0.341 e. The number of methoxy groups -OCH3 is 7. The summed E-state index contributed by atoms with van der Waals surface area (Å²) in [5, 5.41) is 0. The lowest BCUT2D eigenvalue weighted by atomic mass is 9.90. The van der Waals surface area contributed by atoms with Crippen molar-refractivity contribution in [3.8, 4) is 28.7 Å². The molecule has 3 aromatic rings. The Morgan fingerprint density at radius 3 is 1.33 bits per heavy atom. The molecule has 0 spiro atoms. The van der Waals surface area contributed by atoms with Gasteiger partial charge in [0.05, 0.1) is 61.9 Å². The highest BCUT2D eigenvalue weighted by Crippen LogP contribution is 2.47. The maximum Gasteiger partial charge on any atom is 0.341 e. The Kier molecular flexibility index (Phi) is 13.1. The van der Waals surface area contributed by atoms with Gasteiger partial charge in [0, 0.05) is 11.1 Å². The third kappa shape index (κ3) is 7.82. The molecule has 0 aliphatic rings. The first-order valence-corrected chi connectivity index (χ1v) is 14.7. The first-order valence-electron chi connectivity index (χ1n) is 14.7. The number of esters is 3. The normalized spacial score (nSPS) is 10.5. The number of carbonyl (C=O) groups is 3. The molecule has 0 saturated carbocycles. The Bertz CT molecular complexity index is 1440. The molecular formula is C35H42O11. The van der Waals surface area contributed by atoms with Gasteiger partial charge in [0.25, 0.3) is 0 Å². The maximum absolute atomic E-state index is 13.8. The topological polar surface area (TPSA) is 125 Å². The van der Waals surface area contributed by atoms with Crippen LogP contribution in [0, 0.1) is 0 Å². The summed E-state index contributed by atoms with van der Waals surface area (Å²) in [6.45, 7) is 2.15. The monoisotopic (exact) mass is 638 g/mol. The molecule has 0 aliphatic carbocycles. The van der Waals surface area contributed by atoms with Crippen molar-refractivity contribution >= 4 is 17.9 Å². The first kappa shape index (κ1) is 35.5. The second-order valence-electron chi connectivity index (χ2n) is 10.1. The lowest BCUT2D eigenvalue weighted by Crippen LogP contribution is -2.17. The van der Waals surface area contributed by atoms with Crippen molar-refractivity contribution in [2.24, 2.45) is 0 Å². The van der Waals surface area contributed by atoms with Crippen LogP contribution in [0.3, 0.4) is 0 Å². The minimum Gasteiger partial charge on any atom is -0.496 e. The van der Waals surface area contributed by atoms with E-state index in [1.54, 1.807) is 24.3 Å². The minimum absolute atomic E-state index is 0.229. The van der Waals surface area contributed by atoms with Crippen LogP contribution in [0.4, 0.5) is 0 Å². The Balaban J connectivity index is 2.15. The molecule has 0 atom stereocenters. The van der Waals surface area contributed by atoms with Crippen LogP contribution in [0.1, 0.15) is 66.7 Å². The van der Waals surface area contributed by atoms with Crippen molar-refractivity contribution in [3.05, 3.63) is 75.3 Å². The van der Waals surface area contributed by atoms with Crippen LogP contribution in [-0.4, -0.2) is 74.3 Å². The van der Waals surface area contributed by atoms with Crippen LogP contribution in [0.15, 0.2) is 36.4 Å². The van der Waals surface area contributed by atoms with E-state index in [0.717, 1.165) is 11.1 Å². The molecule has 0 saturated heterocycles. The van der Waals surface area contributed by atoms with E-state index in [2.05, 4.69) is 0 Å². The number of carbonyl (C=O) groups excluding carboxylic acids is 3. The van der Waals surface area contributed by atoms with E-state index in [-0.39, 0.29) is 6.61 Å². The fraction of sp³-hybridized carbons (Fsp3) is 0.400. The van der Waals surface area contributed by atoms with E-state index in [1.807, 2.05) is 19.1 Å². The molecule has 0 heterocycles. The van der Waals surface area contributed by atoms with Gasteiger partial charge >= 0.3 is 17.9 Å². The Morgan fingerprint density at radius 1 is 0.543 bits per heavy atom. The molecule has 0 aromatic heterocycles. The van der Waals surface area contributed by atoms with Crippen molar-refractivity contribution in [2.45, 2.75) is 39.0 Å².